The van der Waals surface area contributed by atoms with E-state index in [1.807, 2.05) is 0 Å². The number of hydrogen-bond acceptors (Lipinski definition) is 4. The number of rotatable bonds is 3. The molecule has 2 N–H and O–H groups in total. The summed E-state index contributed by atoms with van der Waals surface area (Å²) in [4.78, 5) is 12.4. The van der Waals surface area contributed by atoms with Crippen molar-refractivity contribution < 1.29 is 13.2 Å². The molecule has 118 valence electrons. The molecule has 7 heteroatoms. The Hall–Kier alpha value is -1.11. The number of halogens is 1. The van der Waals surface area contributed by atoms with Crippen molar-refractivity contribution in [3.05, 3.63) is 29.3 Å². The van der Waals surface area contributed by atoms with Crippen molar-refractivity contribution in [1.29, 1.82) is 0 Å². The lowest BCUT2D eigenvalue weighted by atomic mass is 10.1. The predicted molar refractivity (Wildman–Crippen MR) is 84.9 cm³/mol. The Morgan fingerprint density at radius 3 is 2.48 bits per heavy atom. The van der Waals surface area contributed by atoms with Gasteiger partial charge in [0, 0.05) is 17.9 Å². The zero-order valence-corrected chi connectivity index (χ0v) is 13.8. The molecule has 2 rings (SSSR count). The second-order valence-corrected chi connectivity index (χ2v) is 7.23. The maximum atomic E-state index is 12.2. The van der Waals surface area contributed by atoms with E-state index in [0.717, 1.165) is 32.2 Å². The molecule has 0 saturated carbocycles. The van der Waals surface area contributed by atoms with Gasteiger partial charge in [0.2, 0.25) is 0 Å². The smallest absolute Gasteiger partial charge is 0.251 e. The summed E-state index contributed by atoms with van der Waals surface area (Å²) in [6, 6.07) is 4.96. The first-order valence-corrected chi connectivity index (χ1v) is 8.59. The van der Waals surface area contributed by atoms with E-state index in [0.29, 0.717) is 11.1 Å². The van der Waals surface area contributed by atoms with E-state index < -0.39 is 9.84 Å². The van der Waals surface area contributed by atoms with Crippen LogP contribution in [0.2, 0.25) is 0 Å². The van der Waals surface area contributed by atoms with Crippen LogP contribution in [0.3, 0.4) is 0 Å². The molecule has 1 aliphatic rings. The van der Waals surface area contributed by atoms with Crippen molar-refractivity contribution in [2.45, 2.75) is 30.7 Å². The van der Waals surface area contributed by atoms with Crippen LogP contribution >= 0.6 is 12.4 Å². The van der Waals surface area contributed by atoms with E-state index in [1.165, 1.54) is 6.07 Å². The van der Waals surface area contributed by atoms with Gasteiger partial charge in [-0.05, 0) is 50.6 Å². The Morgan fingerprint density at radius 1 is 1.29 bits per heavy atom. The average molecular weight is 333 g/mol. The van der Waals surface area contributed by atoms with Crippen LogP contribution in [0.25, 0.3) is 0 Å². The van der Waals surface area contributed by atoms with Crippen molar-refractivity contribution in [3.63, 3.8) is 0 Å². The molecule has 1 amide bonds. The molecule has 0 bridgehead atoms. The highest BCUT2D eigenvalue weighted by atomic mass is 35.5. The Labute approximate surface area is 131 Å². The number of nitrogens with one attached hydrogen (secondary N) is 2. The molecule has 0 aromatic heterocycles. The number of hydrogen-bond donors (Lipinski definition) is 2. The standard InChI is InChI=1S/C14H20N2O3S.ClH/c1-10-3-4-11(9-13(10)20(2,18)19)14(17)16-12-5-7-15-8-6-12;/h3-4,9,12,15H,5-8H2,1-2H3,(H,16,17);1H. The minimum atomic E-state index is -3.31. The molecule has 1 aliphatic heterocycles. The highest BCUT2D eigenvalue weighted by molar-refractivity contribution is 7.90. The van der Waals surface area contributed by atoms with E-state index in [2.05, 4.69) is 10.6 Å². The second-order valence-electron chi connectivity index (χ2n) is 5.25. The Kier molecular flexibility index (Phi) is 6.19. The van der Waals surface area contributed by atoms with Gasteiger partial charge in [0.15, 0.2) is 9.84 Å². The van der Waals surface area contributed by atoms with Crippen molar-refractivity contribution in [3.8, 4) is 0 Å². The molecule has 0 atom stereocenters. The van der Waals surface area contributed by atoms with E-state index in [9.17, 15) is 13.2 Å². The number of carbonyl (C=O) groups excluding carboxylic acids is 1. The van der Waals surface area contributed by atoms with Gasteiger partial charge in [-0.15, -0.1) is 12.4 Å². The first-order valence-electron chi connectivity index (χ1n) is 6.70. The minimum Gasteiger partial charge on any atom is -0.349 e. The number of aryl methyl sites for hydroxylation is 1. The van der Waals surface area contributed by atoms with Crippen molar-refractivity contribution >= 4 is 28.2 Å². The van der Waals surface area contributed by atoms with E-state index >= 15 is 0 Å². The number of piperidine rings is 1. The highest BCUT2D eigenvalue weighted by Crippen LogP contribution is 2.17. The zero-order valence-electron chi connectivity index (χ0n) is 12.2. The summed E-state index contributed by atoms with van der Waals surface area (Å²) in [5.41, 5.74) is 1.06. The fraction of sp³-hybridized carbons (Fsp3) is 0.500. The molecule has 1 heterocycles. The van der Waals surface area contributed by atoms with Crippen LogP contribution in [0.15, 0.2) is 23.1 Å². The lowest BCUT2D eigenvalue weighted by Crippen LogP contribution is -2.42. The largest absolute Gasteiger partial charge is 0.349 e. The molecule has 5 nitrogen and oxygen atoms in total. The highest BCUT2D eigenvalue weighted by Gasteiger charge is 2.18. The van der Waals surface area contributed by atoms with Gasteiger partial charge in [-0.3, -0.25) is 4.79 Å². The molecule has 1 aromatic carbocycles. The zero-order chi connectivity index (χ0) is 14.8. The van der Waals surface area contributed by atoms with Crippen LogP contribution in [-0.2, 0) is 9.84 Å². The van der Waals surface area contributed by atoms with Gasteiger partial charge in [0.05, 0.1) is 4.90 Å². The van der Waals surface area contributed by atoms with Crippen LogP contribution in [0, 0.1) is 6.92 Å². The van der Waals surface area contributed by atoms with Gasteiger partial charge >= 0.3 is 0 Å². The first kappa shape index (κ1) is 17.9. The third-order valence-corrected chi connectivity index (χ3v) is 4.76. The third-order valence-electron chi connectivity index (χ3n) is 3.52. The Balaban J connectivity index is 0.00000220. The van der Waals surface area contributed by atoms with Gasteiger partial charge in [-0.25, -0.2) is 8.42 Å². The van der Waals surface area contributed by atoms with Gasteiger partial charge in [0.1, 0.15) is 0 Å². The molecule has 0 radical (unpaired) electrons. The van der Waals surface area contributed by atoms with E-state index in [4.69, 9.17) is 0 Å². The summed E-state index contributed by atoms with van der Waals surface area (Å²) in [5.74, 6) is -0.207. The van der Waals surface area contributed by atoms with Gasteiger partial charge in [0.25, 0.3) is 5.91 Å². The lowest BCUT2D eigenvalue weighted by molar-refractivity contribution is 0.0929. The molecule has 21 heavy (non-hydrogen) atoms. The topological polar surface area (TPSA) is 75.3 Å². The van der Waals surface area contributed by atoms with Crippen LogP contribution < -0.4 is 10.6 Å². The van der Waals surface area contributed by atoms with E-state index in [-0.39, 0.29) is 29.3 Å². The summed E-state index contributed by atoms with van der Waals surface area (Å²) in [5, 5.41) is 6.19. The maximum Gasteiger partial charge on any atom is 0.251 e. The molecular formula is C14H21ClN2O3S. The van der Waals surface area contributed by atoms with Crippen LogP contribution in [-0.4, -0.2) is 39.7 Å². The number of amides is 1. The summed E-state index contributed by atoms with van der Waals surface area (Å²) < 4.78 is 23.4. The Morgan fingerprint density at radius 2 is 1.90 bits per heavy atom. The third kappa shape index (κ3) is 4.69. The first-order chi connectivity index (χ1) is 9.38. The molecule has 0 aliphatic carbocycles. The molecule has 0 unspecified atom stereocenters. The van der Waals surface area contributed by atoms with Crippen molar-refractivity contribution in [2.75, 3.05) is 19.3 Å². The predicted octanol–water partition coefficient (Wildman–Crippen LogP) is 1.30. The molecule has 1 saturated heterocycles. The van der Waals surface area contributed by atoms with Crippen LogP contribution in [0.4, 0.5) is 0 Å². The number of benzene rings is 1. The fourth-order valence-corrected chi connectivity index (χ4v) is 3.37. The molecule has 1 fully saturated rings. The Bertz CT molecular complexity index is 611. The molecule has 0 spiro atoms. The van der Waals surface area contributed by atoms with Crippen molar-refractivity contribution in [2.24, 2.45) is 0 Å². The minimum absolute atomic E-state index is 0. The summed E-state index contributed by atoms with van der Waals surface area (Å²) >= 11 is 0. The SMILES string of the molecule is Cc1ccc(C(=O)NC2CCNCC2)cc1S(C)(=O)=O.Cl. The van der Waals surface area contributed by atoms with Crippen molar-refractivity contribution in [1.82, 2.24) is 10.6 Å². The quantitative estimate of drug-likeness (QED) is 0.875. The average Bonchev–Trinajstić information content (AvgIpc) is 2.39. The number of carbonyl (C=O) groups is 1. The van der Waals surface area contributed by atoms with Crippen LogP contribution in [0.1, 0.15) is 28.8 Å². The summed E-state index contributed by atoms with van der Waals surface area (Å²) in [6.07, 6.45) is 2.96. The summed E-state index contributed by atoms with van der Waals surface area (Å²) in [6.45, 7) is 3.52. The normalized spacial score (nSPS) is 16.1. The monoisotopic (exact) mass is 332 g/mol. The fourth-order valence-electron chi connectivity index (χ4n) is 2.38. The second kappa shape index (κ2) is 7.24. The maximum absolute atomic E-state index is 12.2. The van der Waals surface area contributed by atoms with E-state index in [1.54, 1.807) is 19.1 Å². The number of sulfone groups is 1. The van der Waals surface area contributed by atoms with Gasteiger partial charge in [-0.2, -0.15) is 0 Å². The molecular weight excluding hydrogens is 312 g/mol. The van der Waals surface area contributed by atoms with Gasteiger partial charge in [-0.1, -0.05) is 6.07 Å². The van der Waals surface area contributed by atoms with Crippen LogP contribution in [0.5, 0.6) is 0 Å². The summed E-state index contributed by atoms with van der Waals surface area (Å²) in [7, 11) is -3.31. The van der Waals surface area contributed by atoms with Gasteiger partial charge < -0.3 is 10.6 Å². The molecule has 1 aromatic rings. The lowest BCUT2D eigenvalue weighted by Gasteiger charge is -2.23.